The van der Waals surface area contributed by atoms with Crippen molar-refractivity contribution >= 4 is 10.0 Å². The minimum Gasteiger partial charge on any atom is -0.382 e. The average molecular weight is 288 g/mol. The molecule has 0 spiro atoms. The minimum atomic E-state index is -3.30. The van der Waals surface area contributed by atoms with Crippen LogP contribution in [0, 0.1) is 5.92 Å². The minimum absolute atomic E-state index is 0.0555. The zero-order valence-corrected chi connectivity index (χ0v) is 12.0. The molecule has 0 bridgehead atoms. The van der Waals surface area contributed by atoms with Crippen LogP contribution in [0.25, 0.3) is 0 Å². The molecule has 0 aliphatic carbocycles. The third kappa shape index (κ3) is 3.13. The molecule has 2 rings (SSSR count). The van der Waals surface area contributed by atoms with Crippen LogP contribution in [0.3, 0.4) is 0 Å². The molecule has 1 saturated heterocycles. The molecule has 1 aliphatic rings. The maximum atomic E-state index is 12.2. The number of aliphatic hydroxyl groups is 1. The van der Waals surface area contributed by atoms with Gasteiger partial charge in [0.2, 0.25) is 10.0 Å². The zero-order valence-electron chi connectivity index (χ0n) is 11.2. The summed E-state index contributed by atoms with van der Waals surface area (Å²) in [5.74, 6) is 0.464. The highest BCUT2D eigenvalue weighted by atomic mass is 32.2. The summed E-state index contributed by atoms with van der Waals surface area (Å²) in [6.07, 6.45) is 2.41. The quantitative estimate of drug-likeness (QED) is 0.799. The summed E-state index contributed by atoms with van der Waals surface area (Å²) in [4.78, 5) is 0. The van der Waals surface area contributed by atoms with Crippen LogP contribution < -0.4 is 0 Å². The second-order valence-electron chi connectivity index (χ2n) is 5.47. The molecule has 1 aliphatic heterocycles. The second kappa shape index (κ2) is 5.18. The molecular formula is C11H20N4O3S. The summed E-state index contributed by atoms with van der Waals surface area (Å²) < 4.78 is 25.7. The molecule has 19 heavy (non-hydrogen) atoms. The average Bonchev–Trinajstić information content (AvgIpc) is 2.96. The number of rotatable bonds is 5. The molecule has 1 atom stereocenters. The SMILES string of the molecule is CC(C)CCS(=O)(=O)N1CCC(O)(c2cn[nH]n2)C1. The van der Waals surface area contributed by atoms with Gasteiger partial charge in [0.05, 0.1) is 11.9 Å². The van der Waals surface area contributed by atoms with Gasteiger partial charge in [-0.1, -0.05) is 13.8 Å². The Morgan fingerprint density at radius 2 is 2.32 bits per heavy atom. The Bertz CT molecular complexity index is 514. The van der Waals surface area contributed by atoms with Gasteiger partial charge in [-0.3, -0.25) is 0 Å². The highest BCUT2D eigenvalue weighted by molar-refractivity contribution is 7.89. The van der Waals surface area contributed by atoms with Crippen LogP contribution >= 0.6 is 0 Å². The van der Waals surface area contributed by atoms with E-state index in [9.17, 15) is 13.5 Å². The van der Waals surface area contributed by atoms with Crippen molar-refractivity contribution in [1.29, 1.82) is 0 Å². The van der Waals surface area contributed by atoms with Crippen LogP contribution in [0.4, 0.5) is 0 Å². The lowest BCUT2D eigenvalue weighted by Gasteiger charge is -2.21. The number of aromatic nitrogens is 3. The molecule has 1 aromatic heterocycles. The van der Waals surface area contributed by atoms with Gasteiger partial charge in [0.1, 0.15) is 11.3 Å². The van der Waals surface area contributed by atoms with Crippen molar-refractivity contribution in [2.24, 2.45) is 5.92 Å². The van der Waals surface area contributed by atoms with E-state index >= 15 is 0 Å². The number of hydrogen-bond donors (Lipinski definition) is 2. The van der Waals surface area contributed by atoms with E-state index in [1.807, 2.05) is 13.8 Å². The number of nitrogens with one attached hydrogen (secondary N) is 1. The van der Waals surface area contributed by atoms with Crippen LogP contribution in [0.2, 0.25) is 0 Å². The van der Waals surface area contributed by atoms with Crippen molar-refractivity contribution in [3.63, 3.8) is 0 Å². The van der Waals surface area contributed by atoms with Gasteiger partial charge < -0.3 is 5.11 Å². The van der Waals surface area contributed by atoms with Gasteiger partial charge >= 0.3 is 0 Å². The first-order valence-corrected chi connectivity index (χ1v) is 8.01. The fourth-order valence-corrected chi connectivity index (χ4v) is 3.95. The van der Waals surface area contributed by atoms with E-state index in [-0.39, 0.29) is 12.3 Å². The lowest BCUT2D eigenvalue weighted by molar-refractivity contribution is 0.0485. The van der Waals surface area contributed by atoms with Gasteiger partial charge in [0.25, 0.3) is 0 Å². The van der Waals surface area contributed by atoms with E-state index in [0.29, 0.717) is 31.0 Å². The van der Waals surface area contributed by atoms with E-state index < -0.39 is 15.6 Å². The molecule has 0 radical (unpaired) electrons. The molecule has 0 amide bonds. The first kappa shape index (κ1) is 14.4. The van der Waals surface area contributed by atoms with Crippen LogP contribution in [-0.2, 0) is 15.6 Å². The molecule has 8 heteroatoms. The monoisotopic (exact) mass is 288 g/mol. The topological polar surface area (TPSA) is 99.2 Å². The number of hydrogen-bond acceptors (Lipinski definition) is 5. The van der Waals surface area contributed by atoms with Crippen LogP contribution in [0.1, 0.15) is 32.4 Å². The summed E-state index contributed by atoms with van der Waals surface area (Å²) in [5.41, 5.74) is -0.827. The largest absolute Gasteiger partial charge is 0.382 e. The van der Waals surface area contributed by atoms with Crippen molar-refractivity contribution in [1.82, 2.24) is 19.7 Å². The van der Waals surface area contributed by atoms with Crippen molar-refractivity contribution in [2.45, 2.75) is 32.3 Å². The van der Waals surface area contributed by atoms with E-state index in [1.54, 1.807) is 0 Å². The molecule has 108 valence electrons. The molecule has 0 saturated carbocycles. The molecular weight excluding hydrogens is 268 g/mol. The fraction of sp³-hybridized carbons (Fsp3) is 0.818. The lowest BCUT2D eigenvalue weighted by atomic mass is 10.0. The predicted molar refractivity (Wildman–Crippen MR) is 69.7 cm³/mol. The number of H-pyrrole nitrogens is 1. The van der Waals surface area contributed by atoms with Gasteiger partial charge in [-0.25, -0.2) is 8.42 Å². The Kier molecular flexibility index (Phi) is 3.93. The third-order valence-corrected chi connectivity index (χ3v) is 5.30. The predicted octanol–water partition coefficient (Wildman–Crippen LogP) is 0.0739. The van der Waals surface area contributed by atoms with Crippen LogP contribution in [-0.4, -0.2) is 52.1 Å². The number of β-amino-alcohol motifs (C(OH)–C–C–N with tert-alkyl or cyclic N) is 1. The lowest BCUT2D eigenvalue weighted by Crippen LogP contribution is -2.36. The van der Waals surface area contributed by atoms with Crippen molar-refractivity contribution < 1.29 is 13.5 Å². The second-order valence-corrected chi connectivity index (χ2v) is 7.56. The maximum Gasteiger partial charge on any atom is 0.214 e. The van der Waals surface area contributed by atoms with Crippen molar-refractivity contribution in [2.75, 3.05) is 18.8 Å². The Morgan fingerprint density at radius 3 is 2.89 bits per heavy atom. The van der Waals surface area contributed by atoms with Crippen LogP contribution in [0.15, 0.2) is 6.20 Å². The van der Waals surface area contributed by atoms with E-state index in [4.69, 9.17) is 0 Å². The summed E-state index contributed by atoms with van der Waals surface area (Å²) in [5, 5.41) is 20.4. The molecule has 7 nitrogen and oxygen atoms in total. The normalized spacial score (nSPS) is 25.3. The standard InChI is InChI=1S/C11H20N4O3S/c1-9(2)3-6-19(17,18)15-5-4-11(16,8-15)10-7-12-14-13-10/h7,9,16H,3-6,8H2,1-2H3,(H,12,13,14). The van der Waals surface area contributed by atoms with Gasteiger partial charge in [-0.05, 0) is 18.8 Å². The van der Waals surface area contributed by atoms with E-state index in [2.05, 4.69) is 15.4 Å². The van der Waals surface area contributed by atoms with Gasteiger partial charge in [0.15, 0.2) is 0 Å². The highest BCUT2D eigenvalue weighted by Gasteiger charge is 2.43. The van der Waals surface area contributed by atoms with Crippen molar-refractivity contribution in [3.05, 3.63) is 11.9 Å². The van der Waals surface area contributed by atoms with Crippen molar-refractivity contribution in [3.8, 4) is 0 Å². The Morgan fingerprint density at radius 1 is 1.58 bits per heavy atom. The number of nitrogens with zero attached hydrogens (tertiary/aromatic N) is 3. The van der Waals surface area contributed by atoms with Gasteiger partial charge in [0, 0.05) is 13.1 Å². The fourth-order valence-electron chi connectivity index (χ4n) is 2.15. The number of aromatic amines is 1. The first-order valence-electron chi connectivity index (χ1n) is 6.40. The third-order valence-electron chi connectivity index (χ3n) is 3.45. The molecule has 2 N–H and O–H groups in total. The molecule has 1 fully saturated rings. The molecule has 0 aromatic carbocycles. The summed E-state index contributed by atoms with van der Waals surface area (Å²) >= 11 is 0. The highest BCUT2D eigenvalue weighted by Crippen LogP contribution is 2.31. The van der Waals surface area contributed by atoms with E-state index in [1.165, 1.54) is 10.5 Å². The summed E-state index contributed by atoms with van der Waals surface area (Å²) in [6, 6.07) is 0. The van der Waals surface area contributed by atoms with Crippen LogP contribution in [0.5, 0.6) is 0 Å². The Hall–Kier alpha value is -0.990. The molecule has 1 unspecified atom stereocenters. The maximum absolute atomic E-state index is 12.2. The number of sulfonamides is 1. The molecule has 1 aromatic rings. The first-order chi connectivity index (χ1) is 8.83. The summed E-state index contributed by atoms with van der Waals surface area (Å²) in [6.45, 7) is 4.36. The zero-order chi connectivity index (χ0) is 14.1. The Balaban J connectivity index is 2.06. The van der Waals surface area contributed by atoms with E-state index in [0.717, 1.165) is 0 Å². The Labute approximate surface area is 113 Å². The molecule has 2 heterocycles. The summed E-state index contributed by atoms with van der Waals surface area (Å²) in [7, 11) is -3.30. The van der Waals surface area contributed by atoms with Gasteiger partial charge in [-0.15, -0.1) is 0 Å². The smallest absolute Gasteiger partial charge is 0.214 e. The van der Waals surface area contributed by atoms with Gasteiger partial charge in [-0.2, -0.15) is 19.7 Å².